The van der Waals surface area contributed by atoms with Gasteiger partial charge in [-0.25, -0.2) is 0 Å². The van der Waals surface area contributed by atoms with Crippen LogP contribution in [0, 0.1) is 0 Å². The minimum absolute atomic E-state index is 0.0204. The van der Waals surface area contributed by atoms with Crippen molar-refractivity contribution in [2.45, 2.75) is 50.6 Å². The van der Waals surface area contributed by atoms with E-state index in [0.29, 0.717) is 5.02 Å². The highest BCUT2D eigenvalue weighted by Crippen LogP contribution is 2.41. The van der Waals surface area contributed by atoms with Gasteiger partial charge in [0.05, 0.1) is 10.6 Å². The zero-order chi connectivity index (χ0) is 16.7. The minimum atomic E-state index is -0.478. The van der Waals surface area contributed by atoms with E-state index in [4.69, 9.17) is 11.6 Å². The van der Waals surface area contributed by atoms with Gasteiger partial charge in [-0.15, -0.1) is 10.2 Å². The van der Waals surface area contributed by atoms with Gasteiger partial charge >= 0.3 is 0 Å². The summed E-state index contributed by atoms with van der Waals surface area (Å²) in [6, 6.07) is 4.38. The lowest BCUT2D eigenvalue weighted by Gasteiger charge is -2.42. The molecule has 6 nitrogen and oxygen atoms in total. The van der Waals surface area contributed by atoms with Crippen molar-refractivity contribution in [2.75, 3.05) is 0 Å². The summed E-state index contributed by atoms with van der Waals surface area (Å²) >= 11 is 6.12. The largest absolute Gasteiger partial charge is 0.508 e. The van der Waals surface area contributed by atoms with Crippen LogP contribution in [0.3, 0.4) is 0 Å². The van der Waals surface area contributed by atoms with E-state index in [1.54, 1.807) is 0 Å². The van der Waals surface area contributed by atoms with Crippen LogP contribution in [-0.4, -0.2) is 25.8 Å². The maximum atomic E-state index is 12.7. The normalized spacial score (nSPS) is 18.5. The first kappa shape index (κ1) is 15.4. The van der Waals surface area contributed by atoms with E-state index in [2.05, 4.69) is 20.1 Å². The molecular formula is C17H19ClN4O2. The molecule has 0 bridgehead atoms. The monoisotopic (exact) mass is 346 g/mol. The molecule has 0 unspecified atom stereocenters. The molecule has 1 fully saturated rings. The summed E-state index contributed by atoms with van der Waals surface area (Å²) in [4.78, 5) is 12.7. The SMILES string of the molecule is O=C(NC1(c2nnc3n2CCCC3)CCC1)c1cc(O)ccc1Cl. The number of phenols is 1. The molecule has 1 aromatic heterocycles. The van der Waals surface area contributed by atoms with Gasteiger partial charge in [-0.1, -0.05) is 11.6 Å². The fourth-order valence-electron chi connectivity index (χ4n) is 3.57. The molecule has 7 heteroatoms. The molecule has 1 aliphatic carbocycles. The van der Waals surface area contributed by atoms with Crippen molar-refractivity contribution in [3.63, 3.8) is 0 Å². The molecule has 1 saturated carbocycles. The lowest BCUT2D eigenvalue weighted by molar-refractivity contribution is 0.0800. The fourth-order valence-corrected chi connectivity index (χ4v) is 3.77. The van der Waals surface area contributed by atoms with Gasteiger partial charge in [-0.2, -0.15) is 0 Å². The summed E-state index contributed by atoms with van der Waals surface area (Å²) in [6.45, 7) is 0.905. The van der Waals surface area contributed by atoms with E-state index < -0.39 is 5.54 Å². The van der Waals surface area contributed by atoms with Gasteiger partial charge < -0.3 is 15.0 Å². The number of amides is 1. The molecule has 2 heterocycles. The minimum Gasteiger partial charge on any atom is -0.508 e. The first-order valence-electron chi connectivity index (χ1n) is 8.33. The van der Waals surface area contributed by atoms with Gasteiger partial charge in [-0.05, 0) is 50.3 Å². The second-order valence-corrected chi connectivity index (χ2v) is 7.01. The number of benzene rings is 1. The molecule has 0 radical (unpaired) electrons. The first-order valence-corrected chi connectivity index (χ1v) is 8.70. The van der Waals surface area contributed by atoms with E-state index >= 15 is 0 Å². The number of aryl methyl sites for hydroxylation is 1. The van der Waals surface area contributed by atoms with Crippen molar-refractivity contribution in [2.24, 2.45) is 0 Å². The van der Waals surface area contributed by atoms with Crippen LogP contribution in [-0.2, 0) is 18.5 Å². The number of halogens is 1. The maximum Gasteiger partial charge on any atom is 0.253 e. The molecule has 2 aromatic rings. The van der Waals surface area contributed by atoms with Crippen LogP contribution in [0.4, 0.5) is 0 Å². The average molecular weight is 347 g/mol. The van der Waals surface area contributed by atoms with E-state index in [0.717, 1.165) is 56.7 Å². The number of carbonyl (C=O) groups excluding carboxylic acids is 1. The number of hydrogen-bond donors (Lipinski definition) is 2. The van der Waals surface area contributed by atoms with E-state index in [1.807, 2.05) is 0 Å². The third kappa shape index (κ3) is 2.45. The first-order chi connectivity index (χ1) is 11.6. The summed E-state index contributed by atoms with van der Waals surface area (Å²) in [6.07, 6.45) is 5.91. The van der Waals surface area contributed by atoms with Crippen LogP contribution < -0.4 is 5.32 Å². The van der Waals surface area contributed by atoms with Crippen molar-refractivity contribution < 1.29 is 9.90 Å². The molecule has 0 atom stereocenters. The van der Waals surface area contributed by atoms with Crippen LogP contribution in [0.25, 0.3) is 0 Å². The van der Waals surface area contributed by atoms with Crippen LogP contribution in [0.5, 0.6) is 5.75 Å². The molecule has 2 aliphatic rings. The third-order valence-electron chi connectivity index (χ3n) is 5.04. The molecule has 0 spiro atoms. The van der Waals surface area contributed by atoms with Gasteiger partial charge in [0.15, 0.2) is 5.82 Å². The van der Waals surface area contributed by atoms with Gasteiger partial charge in [0, 0.05) is 13.0 Å². The van der Waals surface area contributed by atoms with Crippen LogP contribution in [0.1, 0.15) is 54.1 Å². The molecule has 0 saturated heterocycles. The molecular weight excluding hydrogens is 328 g/mol. The van der Waals surface area contributed by atoms with Gasteiger partial charge in [0.1, 0.15) is 17.1 Å². The summed E-state index contributed by atoms with van der Waals surface area (Å²) in [5.74, 6) is 1.59. The van der Waals surface area contributed by atoms with E-state index in [-0.39, 0.29) is 17.2 Å². The van der Waals surface area contributed by atoms with Gasteiger partial charge in [-0.3, -0.25) is 4.79 Å². The zero-order valence-electron chi connectivity index (χ0n) is 13.3. The number of phenolic OH excluding ortho intramolecular Hbond substituents is 1. The van der Waals surface area contributed by atoms with Gasteiger partial charge in [0.2, 0.25) is 0 Å². The van der Waals surface area contributed by atoms with Crippen molar-refractivity contribution in [1.82, 2.24) is 20.1 Å². The lowest BCUT2D eigenvalue weighted by atomic mass is 9.75. The molecule has 1 aliphatic heterocycles. The summed E-state index contributed by atoms with van der Waals surface area (Å²) < 4.78 is 2.16. The number of aromatic hydroxyl groups is 1. The van der Waals surface area contributed by atoms with Crippen LogP contribution >= 0.6 is 11.6 Å². The topological polar surface area (TPSA) is 80.0 Å². The second-order valence-electron chi connectivity index (χ2n) is 6.60. The Morgan fingerprint density at radius 3 is 2.83 bits per heavy atom. The fraction of sp³-hybridized carbons (Fsp3) is 0.471. The molecule has 126 valence electrons. The highest BCUT2D eigenvalue weighted by molar-refractivity contribution is 6.33. The summed E-state index contributed by atoms with van der Waals surface area (Å²) in [7, 11) is 0. The number of aromatic nitrogens is 3. The third-order valence-corrected chi connectivity index (χ3v) is 5.37. The predicted octanol–water partition coefficient (Wildman–Crippen LogP) is 2.78. The average Bonchev–Trinajstić information content (AvgIpc) is 2.97. The Kier molecular flexibility index (Phi) is 3.72. The summed E-state index contributed by atoms with van der Waals surface area (Å²) in [5.41, 5.74) is -0.199. The predicted molar refractivity (Wildman–Crippen MR) is 89.1 cm³/mol. The Balaban J connectivity index is 1.65. The highest BCUT2D eigenvalue weighted by atomic mass is 35.5. The van der Waals surface area contributed by atoms with E-state index in [1.165, 1.54) is 18.2 Å². The number of carbonyl (C=O) groups is 1. The Morgan fingerprint density at radius 1 is 1.25 bits per heavy atom. The molecule has 2 N–H and O–H groups in total. The Morgan fingerprint density at radius 2 is 2.08 bits per heavy atom. The van der Waals surface area contributed by atoms with Gasteiger partial charge in [0.25, 0.3) is 5.91 Å². The number of hydrogen-bond acceptors (Lipinski definition) is 4. The van der Waals surface area contributed by atoms with E-state index in [9.17, 15) is 9.90 Å². The zero-order valence-corrected chi connectivity index (χ0v) is 14.0. The maximum absolute atomic E-state index is 12.7. The Bertz CT molecular complexity index is 798. The van der Waals surface area contributed by atoms with Crippen molar-refractivity contribution in [3.8, 4) is 5.75 Å². The lowest BCUT2D eigenvalue weighted by Crippen LogP contribution is -2.52. The number of rotatable bonds is 3. The quantitative estimate of drug-likeness (QED) is 0.895. The standard InChI is InChI=1S/C17H19ClN4O2/c18-13-6-5-11(23)10-12(13)15(24)19-17(7-3-8-17)16-21-20-14-4-1-2-9-22(14)16/h5-6,10,23H,1-4,7-9H2,(H,19,24). The van der Waals surface area contributed by atoms with Crippen molar-refractivity contribution >= 4 is 17.5 Å². The Labute approximate surface area is 144 Å². The number of nitrogens with zero attached hydrogens (tertiary/aromatic N) is 3. The molecule has 24 heavy (non-hydrogen) atoms. The van der Waals surface area contributed by atoms with Crippen LogP contribution in [0.15, 0.2) is 18.2 Å². The molecule has 4 rings (SSSR count). The smallest absolute Gasteiger partial charge is 0.253 e. The number of nitrogens with one attached hydrogen (secondary N) is 1. The Hall–Kier alpha value is -2.08. The van der Waals surface area contributed by atoms with Crippen molar-refractivity contribution in [1.29, 1.82) is 0 Å². The van der Waals surface area contributed by atoms with Crippen molar-refractivity contribution in [3.05, 3.63) is 40.4 Å². The second kappa shape index (κ2) is 5.77. The molecule has 1 aromatic carbocycles. The number of fused-ring (bicyclic) bond motifs is 1. The highest BCUT2D eigenvalue weighted by Gasteiger charge is 2.45. The molecule has 1 amide bonds. The summed E-state index contributed by atoms with van der Waals surface area (Å²) in [5, 5.41) is 21.8. The van der Waals surface area contributed by atoms with Crippen LogP contribution in [0.2, 0.25) is 5.02 Å².